The molecule has 1 rings (SSSR count). The molecule has 2 unspecified atom stereocenters. The summed E-state index contributed by atoms with van der Waals surface area (Å²) in [5.41, 5.74) is 1.08. The molecular weight excluding hydrogens is 152 g/mol. The topological polar surface area (TPSA) is 29.5 Å². The lowest BCUT2D eigenvalue weighted by Gasteiger charge is -2.19. The van der Waals surface area contributed by atoms with Crippen LogP contribution in [-0.4, -0.2) is 24.4 Å². The van der Waals surface area contributed by atoms with E-state index in [9.17, 15) is 5.11 Å². The molecule has 2 heteroatoms. The van der Waals surface area contributed by atoms with Gasteiger partial charge in [-0.2, -0.15) is 0 Å². The molecule has 0 heterocycles. The van der Waals surface area contributed by atoms with Gasteiger partial charge in [0, 0.05) is 7.11 Å². The molecule has 0 bridgehead atoms. The predicted molar refractivity (Wildman–Crippen MR) is 48.8 cm³/mol. The Morgan fingerprint density at radius 2 is 2.33 bits per heavy atom. The van der Waals surface area contributed by atoms with Crippen molar-refractivity contribution in [3.8, 4) is 0 Å². The van der Waals surface area contributed by atoms with E-state index in [-0.39, 0.29) is 6.10 Å². The van der Waals surface area contributed by atoms with E-state index in [4.69, 9.17) is 4.74 Å². The van der Waals surface area contributed by atoms with E-state index in [0.29, 0.717) is 0 Å². The van der Waals surface area contributed by atoms with Crippen LogP contribution in [0.3, 0.4) is 0 Å². The summed E-state index contributed by atoms with van der Waals surface area (Å²) in [4.78, 5) is 0. The van der Waals surface area contributed by atoms with Gasteiger partial charge in [-0.05, 0) is 18.6 Å². The van der Waals surface area contributed by atoms with Crippen molar-refractivity contribution in [1.82, 2.24) is 0 Å². The summed E-state index contributed by atoms with van der Waals surface area (Å²) in [6.07, 6.45) is 8.76. The van der Waals surface area contributed by atoms with E-state index in [2.05, 4.69) is 0 Å². The van der Waals surface area contributed by atoms with Gasteiger partial charge < -0.3 is 9.84 Å². The van der Waals surface area contributed by atoms with Crippen molar-refractivity contribution in [2.75, 3.05) is 7.11 Å². The smallest absolute Gasteiger partial charge is 0.106 e. The molecule has 1 aliphatic carbocycles. The lowest BCUT2D eigenvalue weighted by molar-refractivity contribution is 0.0412. The first kappa shape index (κ1) is 9.23. The zero-order chi connectivity index (χ0) is 8.97. The highest BCUT2D eigenvalue weighted by Crippen LogP contribution is 2.14. The Balaban J connectivity index is 2.73. The Hall–Kier alpha value is -0.860. The van der Waals surface area contributed by atoms with E-state index in [1.165, 1.54) is 0 Å². The number of hydrogen-bond donors (Lipinski definition) is 1. The van der Waals surface area contributed by atoms with Gasteiger partial charge in [0.2, 0.25) is 0 Å². The Kier molecular flexibility index (Phi) is 3.26. The van der Waals surface area contributed by atoms with Crippen LogP contribution in [0.15, 0.2) is 36.0 Å². The summed E-state index contributed by atoms with van der Waals surface area (Å²) in [5, 5.41) is 9.37. The molecule has 0 saturated carbocycles. The van der Waals surface area contributed by atoms with E-state index >= 15 is 0 Å². The molecule has 0 radical (unpaired) electrons. The molecule has 0 amide bonds. The lowest BCUT2D eigenvalue weighted by atomic mass is 10.0. The van der Waals surface area contributed by atoms with Crippen molar-refractivity contribution >= 4 is 0 Å². The third-order valence-corrected chi connectivity index (χ3v) is 1.81. The van der Waals surface area contributed by atoms with Gasteiger partial charge in [-0.25, -0.2) is 0 Å². The maximum atomic E-state index is 9.37. The summed E-state index contributed by atoms with van der Waals surface area (Å²) >= 11 is 0. The summed E-state index contributed by atoms with van der Waals surface area (Å²) < 4.78 is 5.07. The fraction of sp³-hybridized carbons (Fsp3) is 0.400. The molecule has 0 saturated heterocycles. The Bertz CT molecular complexity index is 226. The van der Waals surface area contributed by atoms with Gasteiger partial charge in [-0.3, -0.25) is 0 Å². The first-order valence-corrected chi connectivity index (χ1v) is 4.01. The minimum Gasteiger partial charge on any atom is -0.386 e. The highest BCUT2D eigenvalue weighted by Gasteiger charge is 2.16. The number of aliphatic hydroxyl groups is 1. The van der Waals surface area contributed by atoms with Crippen LogP contribution < -0.4 is 0 Å². The average molecular weight is 166 g/mol. The Labute approximate surface area is 72.9 Å². The van der Waals surface area contributed by atoms with Crippen LogP contribution in [-0.2, 0) is 4.74 Å². The summed E-state index contributed by atoms with van der Waals surface area (Å²) in [6, 6.07) is 0. The second-order valence-electron chi connectivity index (χ2n) is 2.72. The Morgan fingerprint density at radius 1 is 1.58 bits per heavy atom. The molecule has 0 aromatic heterocycles. The van der Waals surface area contributed by atoms with Crippen molar-refractivity contribution in [3.63, 3.8) is 0 Å². The van der Waals surface area contributed by atoms with E-state index in [1.807, 2.05) is 31.2 Å². The predicted octanol–water partition coefficient (Wildman–Crippen LogP) is 1.43. The molecule has 0 aliphatic heterocycles. The number of methoxy groups -OCH3 is 1. The molecule has 12 heavy (non-hydrogen) atoms. The normalized spacial score (nSPS) is 29.4. The zero-order valence-electron chi connectivity index (χ0n) is 7.40. The minimum absolute atomic E-state index is 0.207. The second kappa shape index (κ2) is 4.24. The average Bonchev–Trinajstić information content (AvgIpc) is 2.09. The molecule has 2 atom stereocenters. The van der Waals surface area contributed by atoms with Crippen LogP contribution in [0.2, 0.25) is 0 Å². The summed E-state index contributed by atoms with van der Waals surface area (Å²) in [6.45, 7) is 1.96. The van der Waals surface area contributed by atoms with Crippen molar-refractivity contribution in [2.45, 2.75) is 19.1 Å². The molecule has 66 valence electrons. The molecule has 0 spiro atoms. The quantitative estimate of drug-likeness (QED) is 0.672. The maximum Gasteiger partial charge on any atom is 0.106 e. The highest BCUT2D eigenvalue weighted by molar-refractivity contribution is 5.35. The molecule has 0 aromatic carbocycles. The summed E-state index contributed by atoms with van der Waals surface area (Å²) in [5.74, 6) is 0. The van der Waals surface area contributed by atoms with Gasteiger partial charge >= 0.3 is 0 Å². The van der Waals surface area contributed by atoms with Crippen molar-refractivity contribution < 1.29 is 9.84 Å². The first-order valence-electron chi connectivity index (χ1n) is 4.01. The van der Waals surface area contributed by atoms with Gasteiger partial charge in [0.25, 0.3) is 0 Å². The van der Waals surface area contributed by atoms with Crippen LogP contribution in [0, 0.1) is 0 Å². The number of ether oxygens (including phenoxy) is 1. The molecule has 0 aromatic rings. The van der Waals surface area contributed by atoms with Crippen LogP contribution >= 0.6 is 0 Å². The van der Waals surface area contributed by atoms with Crippen molar-refractivity contribution in [2.24, 2.45) is 0 Å². The SMILES string of the molecule is C/C=C\C1=CC(OC)C(O)C=C1. The van der Waals surface area contributed by atoms with Gasteiger partial charge in [0.1, 0.15) is 12.2 Å². The monoisotopic (exact) mass is 166 g/mol. The molecule has 2 nitrogen and oxygen atoms in total. The third kappa shape index (κ3) is 2.06. The van der Waals surface area contributed by atoms with Crippen LogP contribution in [0.5, 0.6) is 0 Å². The van der Waals surface area contributed by atoms with Crippen LogP contribution in [0.1, 0.15) is 6.92 Å². The fourth-order valence-corrected chi connectivity index (χ4v) is 1.17. The largest absolute Gasteiger partial charge is 0.386 e. The second-order valence-corrected chi connectivity index (χ2v) is 2.72. The van der Waals surface area contributed by atoms with Crippen molar-refractivity contribution in [1.29, 1.82) is 0 Å². The van der Waals surface area contributed by atoms with Gasteiger partial charge in [0.15, 0.2) is 0 Å². The first-order chi connectivity index (χ1) is 5.77. The number of rotatable bonds is 2. The standard InChI is InChI=1S/C10H14O2/c1-3-4-8-5-6-9(11)10(7-8)12-2/h3-7,9-11H,1-2H3/b4-3-. The Morgan fingerprint density at radius 3 is 2.92 bits per heavy atom. The van der Waals surface area contributed by atoms with Gasteiger partial charge in [-0.15, -0.1) is 0 Å². The number of aliphatic hydroxyl groups excluding tert-OH is 1. The molecule has 1 N–H and O–H groups in total. The van der Waals surface area contributed by atoms with E-state index < -0.39 is 6.10 Å². The lowest BCUT2D eigenvalue weighted by Crippen LogP contribution is -2.26. The van der Waals surface area contributed by atoms with Crippen molar-refractivity contribution in [3.05, 3.63) is 36.0 Å². The maximum absolute atomic E-state index is 9.37. The van der Waals surface area contributed by atoms with E-state index in [0.717, 1.165) is 5.57 Å². The number of allylic oxidation sites excluding steroid dienone is 4. The van der Waals surface area contributed by atoms with Gasteiger partial charge in [-0.1, -0.05) is 24.3 Å². The molecular formula is C10H14O2. The number of hydrogen-bond acceptors (Lipinski definition) is 2. The van der Waals surface area contributed by atoms with Crippen LogP contribution in [0.4, 0.5) is 0 Å². The summed E-state index contributed by atoms with van der Waals surface area (Å²) in [7, 11) is 1.59. The molecule has 0 fully saturated rings. The van der Waals surface area contributed by atoms with Crippen LogP contribution in [0.25, 0.3) is 0 Å². The van der Waals surface area contributed by atoms with E-state index in [1.54, 1.807) is 13.2 Å². The fourth-order valence-electron chi connectivity index (χ4n) is 1.17. The van der Waals surface area contributed by atoms with Gasteiger partial charge in [0.05, 0.1) is 0 Å². The molecule has 1 aliphatic rings. The minimum atomic E-state index is -0.510. The zero-order valence-corrected chi connectivity index (χ0v) is 7.40. The highest BCUT2D eigenvalue weighted by atomic mass is 16.5. The third-order valence-electron chi connectivity index (χ3n) is 1.81.